The summed E-state index contributed by atoms with van der Waals surface area (Å²) >= 11 is 0. The molecule has 0 radical (unpaired) electrons. The second-order valence-electron chi connectivity index (χ2n) is 9.78. The summed E-state index contributed by atoms with van der Waals surface area (Å²) in [5, 5.41) is 9.27. The molecule has 0 aromatic carbocycles. The maximum atomic E-state index is 14.0. The van der Waals surface area contributed by atoms with Crippen molar-refractivity contribution in [3.63, 3.8) is 0 Å². The lowest BCUT2D eigenvalue weighted by atomic mass is 9.73. The van der Waals surface area contributed by atoms with E-state index >= 15 is 0 Å². The molecule has 4 rings (SSSR count). The van der Waals surface area contributed by atoms with Crippen LogP contribution in [0, 0.1) is 11.8 Å². The number of unbranched alkanes of at least 4 members (excludes halogenated alkanes) is 1. The number of amides is 2. The Balaban J connectivity index is 1.86. The van der Waals surface area contributed by atoms with Gasteiger partial charge in [0.1, 0.15) is 23.2 Å². The van der Waals surface area contributed by atoms with Gasteiger partial charge in [0.25, 0.3) is 0 Å². The molecule has 5 atom stereocenters. The number of carbonyl (C=O) groups is 3. The van der Waals surface area contributed by atoms with Crippen LogP contribution in [0.4, 0.5) is 0 Å². The molecule has 1 spiro atoms. The molecule has 4 aliphatic rings. The number of rotatable bonds is 6. The fraction of sp³-hybridized carbons (Fsp3) is 0.720. The van der Waals surface area contributed by atoms with Crippen molar-refractivity contribution in [1.29, 1.82) is 0 Å². The maximum Gasteiger partial charge on any atom is 0.313 e. The van der Waals surface area contributed by atoms with Crippen LogP contribution in [0.25, 0.3) is 0 Å². The highest BCUT2D eigenvalue weighted by Crippen LogP contribution is 2.58. The van der Waals surface area contributed by atoms with Crippen molar-refractivity contribution in [3.05, 3.63) is 24.3 Å². The van der Waals surface area contributed by atoms with Crippen LogP contribution in [0.5, 0.6) is 0 Å². The number of cyclic esters (lactones) is 1. The minimum Gasteiger partial charge on any atom is -0.465 e. The number of fused-ring (bicyclic) bond motifs is 2. The predicted molar refractivity (Wildman–Crippen MR) is 121 cm³/mol. The van der Waals surface area contributed by atoms with Crippen LogP contribution in [-0.2, 0) is 23.9 Å². The van der Waals surface area contributed by atoms with Crippen molar-refractivity contribution in [1.82, 2.24) is 9.80 Å². The summed E-state index contributed by atoms with van der Waals surface area (Å²) in [7, 11) is 0. The Morgan fingerprint density at radius 2 is 1.91 bits per heavy atom. The molecule has 2 amide bonds. The first-order valence-corrected chi connectivity index (χ1v) is 12.3. The molecule has 0 aromatic rings. The van der Waals surface area contributed by atoms with Crippen LogP contribution in [0.15, 0.2) is 24.3 Å². The monoisotopic (exact) mass is 460 g/mol. The third kappa shape index (κ3) is 3.71. The Morgan fingerprint density at radius 1 is 1.12 bits per heavy atom. The molecular formula is C25H36N2O6. The zero-order valence-corrected chi connectivity index (χ0v) is 19.9. The predicted octanol–water partition coefficient (Wildman–Crippen LogP) is 1.82. The molecule has 8 heteroatoms. The van der Waals surface area contributed by atoms with Gasteiger partial charge in [0, 0.05) is 25.7 Å². The Bertz CT molecular complexity index is 854. The molecule has 2 saturated heterocycles. The Morgan fingerprint density at radius 3 is 2.61 bits per heavy atom. The van der Waals surface area contributed by atoms with E-state index in [1.165, 1.54) is 0 Å². The quantitative estimate of drug-likeness (QED) is 0.369. The summed E-state index contributed by atoms with van der Waals surface area (Å²) in [6.45, 7) is 6.92. The summed E-state index contributed by atoms with van der Waals surface area (Å²) in [4.78, 5) is 44.6. The number of esters is 1. The van der Waals surface area contributed by atoms with E-state index in [1.54, 1.807) is 9.80 Å². The van der Waals surface area contributed by atoms with Gasteiger partial charge in [-0.15, -0.1) is 0 Å². The topological polar surface area (TPSA) is 96.4 Å². The first kappa shape index (κ1) is 24.0. The van der Waals surface area contributed by atoms with Crippen LogP contribution in [0.2, 0.25) is 0 Å². The van der Waals surface area contributed by atoms with Gasteiger partial charge in [0.2, 0.25) is 11.8 Å². The molecule has 33 heavy (non-hydrogen) atoms. The lowest BCUT2D eigenvalue weighted by Crippen LogP contribution is -2.57. The molecule has 0 bridgehead atoms. The van der Waals surface area contributed by atoms with E-state index in [-0.39, 0.29) is 24.5 Å². The molecule has 0 aromatic heterocycles. The molecule has 2 fully saturated rings. The number of hydrogen-bond donors (Lipinski definition) is 1. The maximum absolute atomic E-state index is 14.0. The van der Waals surface area contributed by atoms with Gasteiger partial charge in [-0.05, 0) is 46.0 Å². The molecule has 0 saturated carbocycles. The van der Waals surface area contributed by atoms with Gasteiger partial charge in [-0.1, -0.05) is 31.2 Å². The van der Waals surface area contributed by atoms with Crippen molar-refractivity contribution in [2.75, 3.05) is 26.3 Å². The molecule has 1 N–H and O–H groups in total. The van der Waals surface area contributed by atoms with Crippen molar-refractivity contribution < 1.29 is 29.0 Å². The standard InChI is InChI=1S/C25H36N2O6/c1-4-24-11-6-5-9-16-32-23(31)19(24)18-21(29)27(13-7-8-15-28)20-22(30)26(17(2)3)14-10-12-25(18,20)33-24/h6,10-12,17-20,28H,4-5,7-9,13-16H2,1-3H3/b11-6-/t18-,19+,20?,24-,25-/m0/s1. The van der Waals surface area contributed by atoms with E-state index in [0.29, 0.717) is 39.0 Å². The summed E-state index contributed by atoms with van der Waals surface area (Å²) < 4.78 is 12.4. The second kappa shape index (κ2) is 9.22. The Kier molecular flexibility index (Phi) is 6.69. The molecule has 0 aliphatic carbocycles. The molecule has 4 heterocycles. The smallest absolute Gasteiger partial charge is 0.313 e. The summed E-state index contributed by atoms with van der Waals surface area (Å²) in [6.07, 6.45) is 10.8. The summed E-state index contributed by atoms with van der Waals surface area (Å²) in [5.41, 5.74) is -2.24. The number of ether oxygens (including phenoxy) is 2. The number of allylic oxidation sites excluding steroid dienone is 1. The van der Waals surface area contributed by atoms with Crippen molar-refractivity contribution in [2.24, 2.45) is 11.8 Å². The van der Waals surface area contributed by atoms with E-state index in [1.807, 2.05) is 45.1 Å². The van der Waals surface area contributed by atoms with E-state index in [4.69, 9.17) is 9.47 Å². The van der Waals surface area contributed by atoms with Crippen LogP contribution in [0.3, 0.4) is 0 Å². The van der Waals surface area contributed by atoms with E-state index in [0.717, 1.165) is 12.8 Å². The fourth-order valence-corrected chi connectivity index (χ4v) is 5.99. The van der Waals surface area contributed by atoms with Crippen molar-refractivity contribution in [3.8, 4) is 0 Å². The highest BCUT2D eigenvalue weighted by molar-refractivity contribution is 5.99. The number of hydrogen-bond acceptors (Lipinski definition) is 6. The number of nitrogens with zero attached hydrogens (tertiary/aromatic N) is 2. The summed E-state index contributed by atoms with van der Waals surface area (Å²) in [6, 6.07) is -0.899. The van der Waals surface area contributed by atoms with Crippen molar-refractivity contribution in [2.45, 2.75) is 76.2 Å². The molecule has 182 valence electrons. The van der Waals surface area contributed by atoms with Gasteiger partial charge in [-0.3, -0.25) is 14.4 Å². The second-order valence-corrected chi connectivity index (χ2v) is 9.78. The minimum absolute atomic E-state index is 0.0163. The third-order valence-electron chi connectivity index (χ3n) is 7.59. The highest BCUT2D eigenvalue weighted by Gasteiger charge is 2.75. The highest BCUT2D eigenvalue weighted by atomic mass is 16.6. The average Bonchev–Trinajstić information content (AvgIpc) is 3.15. The number of likely N-dealkylation sites (tertiary alicyclic amines) is 1. The number of aliphatic hydroxyl groups excluding tert-OH is 1. The lowest BCUT2D eigenvalue weighted by Gasteiger charge is -2.39. The van der Waals surface area contributed by atoms with Crippen LogP contribution in [0.1, 0.15) is 52.9 Å². The summed E-state index contributed by atoms with van der Waals surface area (Å²) in [5.74, 6) is -2.49. The number of aliphatic hydroxyl groups is 1. The van der Waals surface area contributed by atoms with Crippen LogP contribution >= 0.6 is 0 Å². The zero-order chi connectivity index (χ0) is 23.8. The van der Waals surface area contributed by atoms with Gasteiger partial charge in [0.05, 0.1) is 12.5 Å². The first-order chi connectivity index (χ1) is 15.8. The minimum atomic E-state index is -1.24. The Hall–Kier alpha value is -2.19. The van der Waals surface area contributed by atoms with Gasteiger partial charge in [0.15, 0.2) is 0 Å². The lowest BCUT2D eigenvalue weighted by molar-refractivity contribution is -0.161. The largest absolute Gasteiger partial charge is 0.465 e. The van der Waals surface area contributed by atoms with Gasteiger partial charge < -0.3 is 24.4 Å². The van der Waals surface area contributed by atoms with Gasteiger partial charge in [-0.25, -0.2) is 0 Å². The first-order valence-electron chi connectivity index (χ1n) is 12.3. The average molecular weight is 461 g/mol. The molecule has 8 nitrogen and oxygen atoms in total. The Labute approximate surface area is 195 Å². The SMILES string of the molecule is CC[C@]12/C=C\CCCOC(=O)[C@H]1[C@H]1C(=O)N(CCCCO)C3C(=O)N(C(C)C)CC=C[C@@]31O2. The molecule has 1 unspecified atom stereocenters. The zero-order valence-electron chi connectivity index (χ0n) is 19.9. The normalized spacial score (nSPS) is 37.1. The molecular weight excluding hydrogens is 424 g/mol. The van der Waals surface area contributed by atoms with E-state index in [9.17, 15) is 19.5 Å². The number of carbonyl (C=O) groups excluding carboxylic acids is 3. The van der Waals surface area contributed by atoms with Crippen molar-refractivity contribution >= 4 is 17.8 Å². The van der Waals surface area contributed by atoms with Crippen LogP contribution in [-0.4, -0.2) is 82.3 Å². The van der Waals surface area contributed by atoms with E-state index < -0.39 is 35.0 Å². The van der Waals surface area contributed by atoms with Gasteiger partial charge >= 0.3 is 5.97 Å². The molecule has 4 aliphatic heterocycles. The van der Waals surface area contributed by atoms with Gasteiger partial charge in [-0.2, -0.15) is 0 Å². The van der Waals surface area contributed by atoms with E-state index in [2.05, 4.69) is 0 Å². The fourth-order valence-electron chi connectivity index (χ4n) is 5.99. The third-order valence-corrected chi connectivity index (χ3v) is 7.59. The van der Waals surface area contributed by atoms with Crippen LogP contribution < -0.4 is 0 Å².